The second kappa shape index (κ2) is 25.6. The Hall–Kier alpha value is -2.48. The third kappa shape index (κ3) is 13.5. The Labute approximate surface area is 514 Å². The standard InChI is InChI=1S/C54H84O32S3/c1-22(2)16-24(55)17-53(8)44-27(56)18-52(7)26-10-11-31-50(4,5)32(13-14-51(31,6)25(26)12-15-54(44,52)49(64)85-53)81-48-43(35(59)30(19-75-48)86-89(71,72)73)84-45-37(61)36(60)40(23(3)78-45)82-47-39(63)42(34(58)29(80-47)21-77-88(68,69)70)83-46-38(62)41(74-9)33(57)28(79-46)20-76-87(65,66)67/h10,22-23,25,28-48,57-63H,11-21H2,1-9H3,(H,65,66,67)(H,68,69,70)(H,71,72,73)/t23-,25-,28-,29-,30-,31-,32-,33-,34+,35-,36-,37+,38-,39+,40+,41-,42+,43-,44-,45-,46+,47-,48-,51-,52+,53-,54-/m1/s1. The van der Waals surface area contributed by atoms with Crippen LogP contribution < -0.4 is 0 Å². The molecule has 0 bridgehead atoms. The molecule has 510 valence electrons. The lowest BCUT2D eigenvalue weighted by Gasteiger charge is -2.63. The van der Waals surface area contributed by atoms with Crippen molar-refractivity contribution in [1.29, 1.82) is 0 Å². The predicted molar refractivity (Wildman–Crippen MR) is 292 cm³/mol. The predicted octanol–water partition coefficient (Wildman–Crippen LogP) is -1.47. The average molecular weight is 1340 g/mol. The smallest absolute Gasteiger partial charge is 0.397 e. The van der Waals surface area contributed by atoms with Gasteiger partial charge in [0.05, 0.1) is 43.4 Å². The molecule has 0 aromatic carbocycles. The molecule has 0 unspecified atom stereocenters. The van der Waals surface area contributed by atoms with Gasteiger partial charge in [-0.2, -0.15) is 25.3 Å². The van der Waals surface area contributed by atoms with Gasteiger partial charge < -0.3 is 83.1 Å². The number of aliphatic hydroxyl groups is 7. The van der Waals surface area contributed by atoms with Crippen LogP contribution in [0, 0.1) is 45.3 Å². The molecular formula is C54H84O32S3. The van der Waals surface area contributed by atoms with Crippen molar-refractivity contribution in [2.75, 3.05) is 26.9 Å². The Kier molecular flexibility index (Phi) is 20.4. The van der Waals surface area contributed by atoms with E-state index in [4.69, 9.17) is 56.1 Å². The lowest BCUT2D eigenvalue weighted by atomic mass is 9.41. The molecule has 3 saturated carbocycles. The molecule has 89 heavy (non-hydrogen) atoms. The van der Waals surface area contributed by atoms with E-state index in [9.17, 15) is 84.5 Å². The van der Waals surface area contributed by atoms with Crippen LogP contribution in [0.25, 0.3) is 0 Å². The minimum atomic E-state index is -5.26. The Balaban J connectivity index is 0.918. The molecule has 9 rings (SSSR count). The maximum absolute atomic E-state index is 14.4. The third-order valence-corrected chi connectivity index (χ3v) is 21.8. The number of esters is 1. The lowest BCUT2D eigenvalue weighted by Crippen LogP contribution is -2.67. The van der Waals surface area contributed by atoms with Gasteiger partial charge in [0, 0.05) is 31.8 Å². The van der Waals surface area contributed by atoms with Crippen LogP contribution in [0.1, 0.15) is 107 Å². The first-order valence-corrected chi connectivity index (χ1v) is 33.6. The maximum Gasteiger partial charge on any atom is 0.397 e. The van der Waals surface area contributed by atoms with Gasteiger partial charge in [-0.1, -0.05) is 53.2 Å². The second-order valence-corrected chi connectivity index (χ2v) is 30.1. The first-order valence-electron chi connectivity index (χ1n) is 29.5. The molecule has 4 aliphatic carbocycles. The molecule has 10 N–H and O–H groups in total. The van der Waals surface area contributed by atoms with E-state index in [2.05, 4.69) is 21.4 Å². The van der Waals surface area contributed by atoms with Gasteiger partial charge in [-0.25, -0.2) is 12.5 Å². The highest BCUT2D eigenvalue weighted by atomic mass is 32.3. The van der Waals surface area contributed by atoms with Crippen molar-refractivity contribution >= 4 is 48.7 Å². The van der Waals surface area contributed by atoms with Crippen LogP contribution in [0.3, 0.4) is 0 Å². The summed E-state index contributed by atoms with van der Waals surface area (Å²) >= 11 is 0. The fourth-order valence-corrected chi connectivity index (χ4v) is 17.5. The number of hydrogen-bond acceptors (Lipinski definition) is 29. The molecule has 0 aromatic heterocycles. The van der Waals surface area contributed by atoms with Crippen LogP contribution in [0.4, 0.5) is 0 Å². The van der Waals surface area contributed by atoms with Crippen LogP contribution in [0.2, 0.25) is 0 Å². The largest absolute Gasteiger partial charge is 0.458 e. The highest BCUT2D eigenvalue weighted by molar-refractivity contribution is 7.81. The summed E-state index contributed by atoms with van der Waals surface area (Å²) < 4.78 is 171. The summed E-state index contributed by atoms with van der Waals surface area (Å²) in [5, 5.41) is 80.2. The number of carbonyl (C=O) groups excluding carboxylic acids is 3. The molecule has 0 amide bonds. The summed E-state index contributed by atoms with van der Waals surface area (Å²) in [6.07, 6.45) is -32.8. The second-order valence-electron chi connectivity index (χ2n) is 26.8. The number of methoxy groups -OCH3 is 1. The fourth-order valence-electron chi connectivity index (χ4n) is 16.5. The fraction of sp³-hybridized carbons (Fsp3) is 0.907. The average Bonchev–Trinajstić information content (AvgIpc) is 1.54. The van der Waals surface area contributed by atoms with E-state index in [1.165, 1.54) is 6.92 Å². The first-order chi connectivity index (χ1) is 41.1. The molecule has 5 aliphatic heterocycles. The zero-order chi connectivity index (χ0) is 65.8. The molecule has 8 fully saturated rings. The van der Waals surface area contributed by atoms with Crippen LogP contribution in [0.15, 0.2) is 11.6 Å². The van der Waals surface area contributed by atoms with E-state index in [0.717, 1.165) is 12.7 Å². The van der Waals surface area contributed by atoms with Crippen molar-refractivity contribution in [2.45, 2.75) is 235 Å². The number of hydrogen-bond donors (Lipinski definition) is 10. The van der Waals surface area contributed by atoms with E-state index in [0.29, 0.717) is 32.1 Å². The molecular weight excluding hydrogens is 1260 g/mol. The van der Waals surface area contributed by atoms with E-state index in [1.807, 2.05) is 34.6 Å². The summed E-state index contributed by atoms with van der Waals surface area (Å²) in [6.45, 7) is 12.0. The van der Waals surface area contributed by atoms with E-state index in [-0.39, 0.29) is 48.6 Å². The summed E-state index contributed by atoms with van der Waals surface area (Å²) in [6, 6.07) is 0. The minimum Gasteiger partial charge on any atom is -0.458 e. The number of carbonyl (C=O) groups is 3. The van der Waals surface area contributed by atoms with Crippen molar-refractivity contribution < 1.29 is 149 Å². The summed E-state index contributed by atoms with van der Waals surface area (Å²) in [7, 11) is -14.6. The number of fused-ring (bicyclic) bond motifs is 4. The van der Waals surface area contributed by atoms with Gasteiger partial charge in [0.2, 0.25) is 0 Å². The van der Waals surface area contributed by atoms with E-state index >= 15 is 0 Å². The molecule has 9 aliphatic rings. The molecule has 1 spiro atoms. The van der Waals surface area contributed by atoms with Gasteiger partial charge in [0.15, 0.2) is 25.2 Å². The lowest BCUT2D eigenvalue weighted by molar-refractivity contribution is -0.389. The van der Waals surface area contributed by atoms with E-state index < -0.39 is 213 Å². The van der Waals surface area contributed by atoms with Crippen LogP contribution >= 0.6 is 0 Å². The molecule has 5 saturated heterocycles. The Morgan fingerprint density at radius 3 is 1.81 bits per heavy atom. The molecule has 27 atom stereocenters. The topological polar surface area (TPSA) is 476 Å². The number of aliphatic hydroxyl groups excluding tert-OH is 7. The number of ketones is 2. The van der Waals surface area contributed by atoms with Crippen molar-refractivity contribution in [3.05, 3.63) is 11.6 Å². The quantitative estimate of drug-likeness (QED) is 0.0356. The van der Waals surface area contributed by atoms with Crippen molar-refractivity contribution in [1.82, 2.24) is 0 Å². The monoisotopic (exact) mass is 1340 g/mol. The van der Waals surface area contributed by atoms with Crippen molar-refractivity contribution in [3.8, 4) is 0 Å². The van der Waals surface area contributed by atoms with E-state index in [1.54, 1.807) is 6.92 Å². The number of allylic oxidation sites excluding steroid dienone is 2. The van der Waals surface area contributed by atoms with Crippen molar-refractivity contribution in [2.24, 2.45) is 45.3 Å². The molecule has 0 aromatic rings. The molecule has 0 radical (unpaired) electrons. The van der Waals surface area contributed by atoms with Crippen LogP contribution in [-0.2, 0) is 105 Å². The minimum absolute atomic E-state index is 0.0561. The summed E-state index contributed by atoms with van der Waals surface area (Å²) in [5.74, 6) is -1.57. The van der Waals surface area contributed by atoms with Gasteiger partial charge >= 0.3 is 37.2 Å². The maximum atomic E-state index is 14.4. The number of Topliss-reactive ketones (excluding diaryl/α,β-unsaturated/α-hetero) is 2. The zero-order valence-corrected chi connectivity index (χ0v) is 52.8. The normalized spacial score (nSPS) is 46.7. The SMILES string of the molecule is CO[C@H]1[C@@H](O)[C@H](O[C@@H]2[C@H](O)[C@@H](O[C@@H]3[C@H](O)[C@H](O)[C@@H](O[C@H]4[C@@H](O[C@@H]5CC[C@]6(C)[C@@H]7CC[C@]89C(=O)O[C@](C)(CC(=O)CC(C)C)[C@H]8C(=O)C[C@@]9(C)C7=CC[C@@H]6C5(C)C)OC[C@@H](OS(=O)(=O)O)[C@H]4O)O[C@@H]3C)O[C@H](COS(=O)(=O)O)[C@@H]2O)O[C@H](COS(=O)(=O)O)[C@H]1O. The van der Waals surface area contributed by atoms with Gasteiger partial charge in [-0.15, -0.1) is 0 Å². The summed E-state index contributed by atoms with van der Waals surface area (Å²) in [4.78, 5) is 42.0. The van der Waals surface area contributed by atoms with Crippen LogP contribution in [0.5, 0.6) is 0 Å². The molecule has 35 heteroatoms. The molecule has 32 nitrogen and oxygen atoms in total. The zero-order valence-electron chi connectivity index (χ0n) is 50.4. The Morgan fingerprint density at radius 1 is 0.674 bits per heavy atom. The number of cyclic esters (lactones) is 1. The molecule has 5 heterocycles. The first kappa shape index (κ1) is 70.8. The Morgan fingerprint density at radius 2 is 1.24 bits per heavy atom. The third-order valence-electron chi connectivity index (χ3n) is 20.4. The van der Waals surface area contributed by atoms with Crippen molar-refractivity contribution in [3.63, 3.8) is 0 Å². The summed E-state index contributed by atoms with van der Waals surface area (Å²) in [5.41, 5.74) is -3.48. The van der Waals surface area contributed by atoms with Gasteiger partial charge in [0.1, 0.15) is 103 Å². The van der Waals surface area contributed by atoms with Gasteiger partial charge in [0.25, 0.3) is 0 Å². The number of rotatable bonds is 21. The number of ether oxygens (including phenoxy) is 10. The van der Waals surface area contributed by atoms with Gasteiger partial charge in [-0.05, 0) is 74.5 Å². The van der Waals surface area contributed by atoms with Crippen LogP contribution in [-0.4, -0.2) is 248 Å². The van der Waals surface area contributed by atoms with Gasteiger partial charge in [-0.3, -0.25) is 28.0 Å². The highest BCUT2D eigenvalue weighted by Crippen LogP contribution is 2.75. The highest BCUT2D eigenvalue weighted by Gasteiger charge is 2.79. The Bertz CT molecular complexity index is 3000.